The van der Waals surface area contributed by atoms with Crippen LogP contribution in [0.2, 0.25) is 0 Å². The zero-order valence-corrected chi connectivity index (χ0v) is 8.94. The number of nitrogens with two attached hydrogens (primary N) is 2. The summed E-state index contributed by atoms with van der Waals surface area (Å²) in [5.41, 5.74) is 12.1. The summed E-state index contributed by atoms with van der Waals surface area (Å²) < 4.78 is 0. The zero-order chi connectivity index (χ0) is 11.0. The van der Waals surface area contributed by atoms with Crippen molar-refractivity contribution in [1.29, 1.82) is 0 Å². The van der Waals surface area contributed by atoms with Crippen molar-refractivity contribution in [1.82, 2.24) is 5.43 Å². The molecule has 0 aromatic rings. The number of aliphatic hydroxyl groups excluding tert-OH is 1. The molecule has 0 rings (SSSR count). The van der Waals surface area contributed by atoms with E-state index in [1.807, 2.05) is 5.43 Å². The van der Waals surface area contributed by atoms with E-state index in [1.54, 1.807) is 0 Å². The summed E-state index contributed by atoms with van der Waals surface area (Å²) in [4.78, 5) is 13.7. The lowest BCUT2D eigenvalue weighted by Gasteiger charge is -2.09. The first-order valence-electron chi connectivity index (χ1n) is 4.13. The predicted octanol–water partition coefficient (Wildman–Crippen LogP) is -1.40. The Balaban J connectivity index is 0. The van der Waals surface area contributed by atoms with E-state index in [2.05, 4.69) is 4.99 Å². The van der Waals surface area contributed by atoms with Crippen molar-refractivity contribution in [3.8, 4) is 0 Å². The van der Waals surface area contributed by atoms with Gasteiger partial charge in [-0.2, -0.15) is 0 Å². The second-order valence-corrected chi connectivity index (χ2v) is 2.71. The third-order valence-corrected chi connectivity index (χ3v) is 1.51. The minimum atomic E-state index is -0.679. The van der Waals surface area contributed by atoms with E-state index in [0.29, 0.717) is 19.4 Å². The summed E-state index contributed by atoms with van der Waals surface area (Å²) in [6.07, 6.45) is 1.01. The highest BCUT2D eigenvalue weighted by Crippen LogP contribution is 1.96. The number of hydrogen-bond acceptors (Lipinski definition) is 4. The van der Waals surface area contributed by atoms with Gasteiger partial charge < -0.3 is 16.6 Å². The van der Waals surface area contributed by atoms with Gasteiger partial charge in [-0.3, -0.25) is 4.99 Å². The standard InChI is InChI=1S/C6H15N5O3.ClH/c7-6(8)9-3-1-2-5(4-12)10-11(13)14;/h5,10,12H,1-4H2,(H4,7,8,9);1H/t5-;/m0./s1. The summed E-state index contributed by atoms with van der Waals surface area (Å²) >= 11 is 0. The van der Waals surface area contributed by atoms with Crippen molar-refractivity contribution in [2.75, 3.05) is 13.2 Å². The van der Waals surface area contributed by atoms with Gasteiger partial charge in [-0.05, 0) is 12.8 Å². The lowest BCUT2D eigenvalue weighted by molar-refractivity contribution is -0.551. The molecular formula is C6H16ClN5O3. The summed E-state index contributed by atoms with van der Waals surface area (Å²) in [5, 5.41) is 18.1. The van der Waals surface area contributed by atoms with Gasteiger partial charge in [0.05, 0.1) is 6.61 Å². The van der Waals surface area contributed by atoms with E-state index >= 15 is 0 Å². The Labute approximate surface area is 93.3 Å². The largest absolute Gasteiger partial charge is 0.394 e. The number of aliphatic hydroxyl groups is 1. The minimum absolute atomic E-state index is 0. The Morgan fingerprint density at radius 2 is 2.20 bits per heavy atom. The summed E-state index contributed by atoms with van der Waals surface area (Å²) in [6.45, 7) is 0.112. The Morgan fingerprint density at radius 3 is 2.60 bits per heavy atom. The number of nitrogens with one attached hydrogen (secondary N) is 1. The molecule has 0 aromatic heterocycles. The smallest absolute Gasteiger partial charge is 0.185 e. The molecule has 0 radical (unpaired) electrons. The average Bonchev–Trinajstić information content (AvgIpc) is 2.09. The van der Waals surface area contributed by atoms with Gasteiger partial charge in [-0.25, -0.2) is 10.1 Å². The van der Waals surface area contributed by atoms with Gasteiger partial charge in [0, 0.05) is 6.54 Å². The Hall–Kier alpha value is -1.28. The molecule has 0 aliphatic carbocycles. The number of hydrazine groups is 1. The highest BCUT2D eigenvalue weighted by Gasteiger charge is 2.10. The van der Waals surface area contributed by atoms with Crippen LogP contribution in [0.1, 0.15) is 12.8 Å². The third-order valence-electron chi connectivity index (χ3n) is 1.51. The van der Waals surface area contributed by atoms with Gasteiger partial charge in [0.1, 0.15) is 6.04 Å². The Bertz CT molecular complexity index is 209. The summed E-state index contributed by atoms with van der Waals surface area (Å²) in [6, 6.07) is -0.556. The second kappa shape index (κ2) is 9.28. The van der Waals surface area contributed by atoms with Crippen LogP contribution in [0, 0.1) is 10.1 Å². The van der Waals surface area contributed by atoms with Crippen LogP contribution < -0.4 is 16.9 Å². The zero-order valence-electron chi connectivity index (χ0n) is 8.13. The van der Waals surface area contributed by atoms with E-state index in [4.69, 9.17) is 16.6 Å². The fraction of sp³-hybridized carbons (Fsp3) is 0.833. The monoisotopic (exact) mass is 241 g/mol. The van der Waals surface area contributed by atoms with Crippen LogP contribution in [-0.4, -0.2) is 35.3 Å². The molecule has 1 atom stereocenters. The maximum absolute atomic E-state index is 10.0. The molecule has 15 heavy (non-hydrogen) atoms. The Morgan fingerprint density at radius 1 is 1.60 bits per heavy atom. The molecule has 0 aliphatic rings. The topological polar surface area (TPSA) is 140 Å². The highest BCUT2D eigenvalue weighted by atomic mass is 35.5. The van der Waals surface area contributed by atoms with Crippen molar-refractivity contribution in [3.63, 3.8) is 0 Å². The van der Waals surface area contributed by atoms with Gasteiger partial charge in [-0.15, -0.1) is 17.8 Å². The number of hydrogen-bond donors (Lipinski definition) is 4. The minimum Gasteiger partial charge on any atom is -0.394 e. The third kappa shape index (κ3) is 10.6. The van der Waals surface area contributed by atoms with Gasteiger partial charge >= 0.3 is 0 Å². The van der Waals surface area contributed by atoms with Crippen LogP contribution in [0.4, 0.5) is 0 Å². The van der Waals surface area contributed by atoms with Gasteiger partial charge in [0.2, 0.25) is 0 Å². The number of nitrogens with zero attached hydrogens (tertiary/aromatic N) is 2. The first kappa shape index (κ1) is 16.2. The molecule has 0 saturated carbocycles. The molecular weight excluding hydrogens is 226 g/mol. The summed E-state index contributed by atoms with van der Waals surface area (Å²) in [7, 11) is 0. The summed E-state index contributed by atoms with van der Waals surface area (Å²) in [5.74, 6) is -0.00668. The van der Waals surface area contributed by atoms with E-state index in [1.165, 1.54) is 0 Å². The van der Waals surface area contributed by atoms with Crippen molar-refractivity contribution in [2.24, 2.45) is 16.5 Å². The fourth-order valence-corrected chi connectivity index (χ4v) is 0.892. The van der Waals surface area contributed by atoms with Crippen molar-refractivity contribution in [3.05, 3.63) is 10.1 Å². The maximum Gasteiger partial charge on any atom is 0.185 e. The van der Waals surface area contributed by atoms with Crippen molar-refractivity contribution in [2.45, 2.75) is 18.9 Å². The highest BCUT2D eigenvalue weighted by molar-refractivity contribution is 5.85. The molecule has 6 N–H and O–H groups in total. The van der Waals surface area contributed by atoms with Crippen LogP contribution in [-0.2, 0) is 0 Å². The molecule has 0 aliphatic heterocycles. The lowest BCUT2D eigenvalue weighted by Crippen LogP contribution is -2.37. The Kier molecular flexibility index (Phi) is 10.0. The van der Waals surface area contributed by atoms with Crippen LogP contribution >= 0.6 is 12.4 Å². The molecule has 0 saturated heterocycles. The molecule has 0 unspecified atom stereocenters. The first-order chi connectivity index (χ1) is 6.56. The average molecular weight is 242 g/mol. The van der Waals surface area contributed by atoms with Gasteiger partial charge in [-0.1, -0.05) is 0 Å². The van der Waals surface area contributed by atoms with Crippen LogP contribution in [0.25, 0.3) is 0 Å². The predicted molar refractivity (Wildman–Crippen MR) is 58.2 cm³/mol. The number of rotatable bonds is 7. The molecule has 8 nitrogen and oxygen atoms in total. The molecule has 9 heteroatoms. The number of halogens is 1. The molecule has 0 fully saturated rings. The van der Waals surface area contributed by atoms with Crippen LogP contribution in [0.5, 0.6) is 0 Å². The van der Waals surface area contributed by atoms with Gasteiger partial charge in [0.25, 0.3) is 0 Å². The molecule has 0 spiro atoms. The number of guanidine groups is 1. The molecule has 0 heterocycles. The maximum atomic E-state index is 10.0. The number of aliphatic imine (C=N–C) groups is 1. The van der Waals surface area contributed by atoms with E-state index in [0.717, 1.165) is 0 Å². The van der Waals surface area contributed by atoms with Crippen molar-refractivity contribution >= 4 is 18.4 Å². The number of nitro groups is 1. The second-order valence-electron chi connectivity index (χ2n) is 2.71. The fourth-order valence-electron chi connectivity index (χ4n) is 0.892. The lowest BCUT2D eigenvalue weighted by atomic mass is 10.2. The van der Waals surface area contributed by atoms with Crippen LogP contribution in [0.15, 0.2) is 4.99 Å². The molecule has 90 valence electrons. The molecule has 0 bridgehead atoms. The normalized spacial score (nSPS) is 11.0. The first-order valence-corrected chi connectivity index (χ1v) is 4.13. The van der Waals surface area contributed by atoms with Crippen LogP contribution in [0.3, 0.4) is 0 Å². The van der Waals surface area contributed by atoms with E-state index in [9.17, 15) is 10.1 Å². The molecule has 0 aromatic carbocycles. The quantitative estimate of drug-likeness (QED) is 0.142. The van der Waals surface area contributed by atoms with E-state index < -0.39 is 11.1 Å². The van der Waals surface area contributed by atoms with E-state index in [-0.39, 0.29) is 25.0 Å². The SMILES string of the molecule is Cl.NC(N)=NCCC[C@@H](CO)N[N+](=O)[O-]. The molecule has 0 amide bonds. The van der Waals surface area contributed by atoms with Gasteiger partial charge in [0.15, 0.2) is 11.0 Å². The van der Waals surface area contributed by atoms with Crippen molar-refractivity contribution < 1.29 is 10.1 Å².